The maximum absolute atomic E-state index is 11.2. The molecule has 0 aliphatic heterocycles. The minimum atomic E-state index is -0.0361. The Morgan fingerprint density at radius 1 is 1.36 bits per heavy atom. The van der Waals surface area contributed by atoms with E-state index in [2.05, 4.69) is 17.6 Å². The first-order valence-corrected chi connectivity index (χ1v) is 4.92. The molecule has 3 heteroatoms. The summed E-state index contributed by atoms with van der Waals surface area (Å²) in [7, 11) is 1.91. The number of hydrogen-bond donors (Lipinski definition) is 2. The van der Waals surface area contributed by atoms with Crippen LogP contribution in [0.5, 0.6) is 0 Å². The summed E-state index contributed by atoms with van der Waals surface area (Å²) in [5.74, 6) is 0.421. The minimum absolute atomic E-state index is 0.0361. The fraction of sp³-hybridized carbons (Fsp3) is 0.545. The van der Waals surface area contributed by atoms with Crippen molar-refractivity contribution in [3.05, 3.63) is 24.3 Å². The van der Waals surface area contributed by atoms with Crippen molar-refractivity contribution < 1.29 is 4.79 Å². The molecule has 2 N–H and O–H groups in total. The molecule has 0 fully saturated rings. The summed E-state index contributed by atoms with van der Waals surface area (Å²) in [5.41, 5.74) is 0. The number of nitrogens with one attached hydrogen (secondary N) is 2. The molecule has 0 saturated carbocycles. The molecule has 0 radical (unpaired) electrons. The fourth-order valence-electron chi connectivity index (χ4n) is 1.01. The van der Waals surface area contributed by atoms with Crippen LogP contribution in [0.4, 0.5) is 0 Å². The lowest BCUT2D eigenvalue weighted by Gasteiger charge is -2.10. The Morgan fingerprint density at radius 2 is 2.07 bits per heavy atom. The second-order valence-electron chi connectivity index (χ2n) is 3.29. The molecular formula is C11H20N2O. The van der Waals surface area contributed by atoms with E-state index < -0.39 is 0 Å². The summed E-state index contributed by atoms with van der Waals surface area (Å²) in [6.45, 7) is 5.63. The van der Waals surface area contributed by atoms with Crippen LogP contribution in [0.15, 0.2) is 24.3 Å². The molecule has 3 nitrogen and oxygen atoms in total. The maximum Gasteiger partial charge on any atom is 0.243 e. The van der Waals surface area contributed by atoms with E-state index in [4.69, 9.17) is 0 Å². The summed E-state index contributed by atoms with van der Waals surface area (Å²) in [6, 6.07) is 0. The highest BCUT2D eigenvalue weighted by Crippen LogP contribution is 1.88. The Hall–Kier alpha value is -1.09. The summed E-state index contributed by atoms with van der Waals surface area (Å²) in [6.07, 6.45) is 6.98. The Labute approximate surface area is 86.3 Å². The monoisotopic (exact) mass is 196 g/mol. The van der Waals surface area contributed by atoms with Crippen molar-refractivity contribution in [1.82, 2.24) is 10.6 Å². The van der Waals surface area contributed by atoms with Crippen molar-refractivity contribution in [2.75, 3.05) is 20.1 Å². The van der Waals surface area contributed by atoms with Gasteiger partial charge in [-0.3, -0.25) is 4.79 Å². The van der Waals surface area contributed by atoms with Crippen molar-refractivity contribution in [3.63, 3.8) is 0 Å². The largest absolute Gasteiger partial charge is 0.352 e. The zero-order valence-corrected chi connectivity index (χ0v) is 9.21. The zero-order chi connectivity index (χ0) is 10.8. The normalized spacial score (nSPS) is 13.6. The molecule has 0 aromatic rings. The van der Waals surface area contributed by atoms with Gasteiger partial charge in [0.15, 0.2) is 0 Å². The highest BCUT2D eigenvalue weighted by Gasteiger charge is 2.00. The van der Waals surface area contributed by atoms with Crippen LogP contribution in [0, 0.1) is 5.92 Å². The van der Waals surface area contributed by atoms with Crippen LogP contribution in [-0.2, 0) is 4.79 Å². The molecule has 0 aliphatic carbocycles. The van der Waals surface area contributed by atoms with Crippen molar-refractivity contribution in [2.45, 2.75) is 13.8 Å². The first kappa shape index (κ1) is 12.9. The van der Waals surface area contributed by atoms with Gasteiger partial charge in [-0.2, -0.15) is 0 Å². The van der Waals surface area contributed by atoms with E-state index in [1.54, 1.807) is 6.08 Å². The maximum atomic E-state index is 11.2. The second-order valence-corrected chi connectivity index (χ2v) is 3.29. The highest BCUT2D eigenvalue weighted by molar-refractivity contribution is 5.87. The van der Waals surface area contributed by atoms with E-state index in [0.29, 0.717) is 12.5 Å². The smallest absolute Gasteiger partial charge is 0.243 e. The number of carbonyl (C=O) groups excluding carboxylic acids is 1. The molecule has 0 aliphatic rings. The molecule has 1 unspecified atom stereocenters. The van der Waals surface area contributed by atoms with Crippen LogP contribution in [0.2, 0.25) is 0 Å². The van der Waals surface area contributed by atoms with E-state index in [-0.39, 0.29) is 5.91 Å². The van der Waals surface area contributed by atoms with E-state index in [0.717, 1.165) is 6.54 Å². The summed E-state index contributed by atoms with van der Waals surface area (Å²) in [4.78, 5) is 11.2. The predicted molar refractivity (Wildman–Crippen MR) is 60.1 cm³/mol. The van der Waals surface area contributed by atoms with Gasteiger partial charge in [0.1, 0.15) is 0 Å². The Kier molecular flexibility index (Phi) is 7.84. The Morgan fingerprint density at radius 3 is 2.64 bits per heavy atom. The topological polar surface area (TPSA) is 41.1 Å². The molecule has 0 heterocycles. The highest BCUT2D eigenvalue weighted by atomic mass is 16.1. The van der Waals surface area contributed by atoms with Gasteiger partial charge in [-0.05, 0) is 26.4 Å². The molecule has 0 aromatic carbocycles. The number of rotatable bonds is 6. The van der Waals surface area contributed by atoms with Crippen LogP contribution in [-0.4, -0.2) is 26.0 Å². The third-order valence-corrected chi connectivity index (χ3v) is 1.73. The molecule has 0 spiro atoms. The van der Waals surface area contributed by atoms with Crippen LogP contribution in [0.3, 0.4) is 0 Å². The zero-order valence-electron chi connectivity index (χ0n) is 9.21. The standard InChI is InChI=1S/C11H20N2O/c1-4-5-6-7-11(14)13-9-10(2)8-12-3/h4-7,10,12H,8-9H2,1-3H3,(H,13,14)/b5-4?,7-6+. The lowest BCUT2D eigenvalue weighted by atomic mass is 10.2. The van der Waals surface area contributed by atoms with Crippen molar-refractivity contribution >= 4 is 5.91 Å². The molecular weight excluding hydrogens is 176 g/mol. The van der Waals surface area contributed by atoms with E-state index in [9.17, 15) is 4.79 Å². The quantitative estimate of drug-likeness (QED) is 0.493. The minimum Gasteiger partial charge on any atom is -0.352 e. The van der Waals surface area contributed by atoms with Crippen LogP contribution >= 0.6 is 0 Å². The van der Waals surface area contributed by atoms with Gasteiger partial charge in [0, 0.05) is 12.6 Å². The average molecular weight is 196 g/mol. The third-order valence-electron chi connectivity index (χ3n) is 1.73. The Bertz CT molecular complexity index is 209. The van der Waals surface area contributed by atoms with Gasteiger partial charge in [-0.25, -0.2) is 0 Å². The van der Waals surface area contributed by atoms with Crippen LogP contribution in [0.25, 0.3) is 0 Å². The molecule has 1 amide bonds. The van der Waals surface area contributed by atoms with Gasteiger partial charge in [-0.15, -0.1) is 0 Å². The second kappa shape index (κ2) is 8.51. The molecule has 80 valence electrons. The van der Waals surface area contributed by atoms with Gasteiger partial charge < -0.3 is 10.6 Å². The molecule has 0 bridgehead atoms. The van der Waals surface area contributed by atoms with Crippen molar-refractivity contribution in [1.29, 1.82) is 0 Å². The van der Waals surface area contributed by atoms with Gasteiger partial charge in [0.2, 0.25) is 5.91 Å². The number of hydrogen-bond acceptors (Lipinski definition) is 2. The number of amides is 1. The van der Waals surface area contributed by atoms with Crippen molar-refractivity contribution in [3.8, 4) is 0 Å². The Balaban J connectivity index is 3.63. The van der Waals surface area contributed by atoms with Gasteiger partial charge >= 0.3 is 0 Å². The summed E-state index contributed by atoms with van der Waals surface area (Å²) >= 11 is 0. The van der Waals surface area contributed by atoms with Gasteiger partial charge in [-0.1, -0.05) is 25.2 Å². The van der Waals surface area contributed by atoms with Crippen LogP contribution < -0.4 is 10.6 Å². The molecule has 14 heavy (non-hydrogen) atoms. The molecule has 1 atom stereocenters. The number of carbonyl (C=O) groups is 1. The summed E-state index contributed by atoms with van der Waals surface area (Å²) < 4.78 is 0. The molecule has 0 rings (SSSR count). The summed E-state index contributed by atoms with van der Waals surface area (Å²) in [5, 5.41) is 5.89. The van der Waals surface area contributed by atoms with E-state index in [1.807, 2.05) is 26.1 Å². The predicted octanol–water partition coefficient (Wildman–Crippen LogP) is 1.09. The first-order chi connectivity index (χ1) is 6.70. The van der Waals surface area contributed by atoms with Crippen molar-refractivity contribution in [2.24, 2.45) is 5.92 Å². The number of allylic oxidation sites excluding steroid dienone is 3. The van der Waals surface area contributed by atoms with E-state index >= 15 is 0 Å². The lowest BCUT2D eigenvalue weighted by molar-refractivity contribution is -0.116. The lowest BCUT2D eigenvalue weighted by Crippen LogP contribution is -2.31. The average Bonchev–Trinajstić information content (AvgIpc) is 2.16. The molecule has 0 aromatic heterocycles. The first-order valence-electron chi connectivity index (χ1n) is 4.92. The van der Waals surface area contributed by atoms with Gasteiger partial charge in [0.25, 0.3) is 0 Å². The van der Waals surface area contributed by atoms with E-state index in [1.165, 1.54) is 6.08 Å². The fourth-order valence-corrected chi connectivity index (χ4v) is 1.01. The molecule has 0 saturated heterocycles. The van der Waals surface area contributed by atoms with Gasteiger partial charge in [0.05, 0.1) is 0 Å². The third kappa shape index (κ3) is 7.55. The SMILES string of the molecule is CC=C/C=C/C(=O)NCC(C)CNC. The van der Waals surface area contributed by atoms with Crippen LogP contribution in [0.1, 0.15) is 13.8 Å².